The minimum Gasteiger partial charge on any atom is -0.496 e. The molecule has 0 saturated heterocycles. The van der Waals surface area contributed by atoms with Crippen molar-refractivity contribution in [2.24, 2.45) is 0 Å². The van der Waals surface area contributed by atoms with E-state index in [1.165, 1.54) is 0 Å². The van der Waals surface area contributed by atoms with Crippen molar-refractivity contribution in [1.82, 2.24) is 0 Å². The van der Waals surface area contributed by atoms with Crippen LogP contribution >= 0.6 is 15.9 Å². The quantitative estimate of drug-likeness (QED) is 0.848. The molecule has 0 heterocycles. The molecule has 0 radical (unpaired) electrons. The van der Waals surface area contributed by atoms with Gasteiger partial charge in [-0.1, -0.05) is 36.4 Å². The van der Waals surface area contributed by atoms with E-state index in [0.29, 0.717) is 12.8 Å². The summed E-state index contributed by atoms with van der Waals surface area (Å²) in [7, 11) is 1.62. The molecule has 2 rings (SSSR count). The summed E-state index contributed by atoms with van der Waals surface area (Å²) >= 11 is 3.45. The summed E-state index contributed by atoms with van der Waals surface area (Å²) in [5.41, 5.74) is 1.93. The summed E-state index contributed by atoms with van der Waals surface area (Å²) in [6.45, 7) is 0. The number of aryl methyl sites for hydroxylation is 1. The molecule has 0 aliphatic heterocycles. The number of aliphatic carboxylic acids is 1. The van der Waals surface area contributed by atoms with Crippen molar-refractivity contribution in [2.75, 3.05) is 7.11 Å². The smallest absolute Gasteiger partial charge is 0.310 e. The lowest BCUT2D eigenvalue weighted by atomic mass is 9.92. The largest absolute Gasteiger partial charge is 0.496 e. The highest BCUT2D eigenvalue weighted by molar-refractivity contribution is 9.10. The van der Waals surface area contributed by atoms with Gasteiger partial charge in [0, 0.05) is 0 Å². The third-order valence-corrected chi connectivity index (χ3v) is 4.06. The maximum absolute atomic E-state index is 11.5. The third-order valence-electron chi connectivity index (χ3n) is 3.44. The van der Waals surface area contributed by atoms with Crippen LogP contribution < -0.4 is 4.74 Å². The molecule has 1 atom stereocenters. The van der Waals surface area contributed by atoms with Crippen LogP contribution in [-0.4, -0.2) is 18.2 Å². The number of benzene rings is 2. The minimum atomic E-state index is -0.784. The lowest BCUT2D eigenvalue weighted by Gasteiger charge is -2.13. The Bertz CT molecular complexity index is 611. The van der Waals surface area contributed by atoms with Crippen LogP contribution in [0.3, 0.4) is 0 Å². The van der Waals surface area contributed by atoms with Crippen molar-refractivity contribution in [3.63, 3.8) is 0 Å². The second-order valence-electron chi connectivity index (χ2n) is 4.81. The summed E-state index contributed by atoms with van der Waals surface area (Å²) < 4.78 is 6.08. The van der Waals surface area contributed by atoms with Gasteiger partial charge in [-0.25, -0.2) is 0 Å². The SMILES string of the molecule is COc1ccc(CCC(C(=O)O)c2ccccc2)cc1Br. The molecule has 2 aromatic carbocycles. The van der Waals surface area contributed by atoms with Crippen molar-refractivity contribution in [3.8, 4) is 5.75 Å². The van der Waals surface area contributed by atoms with Crippen LogP contribution in [0.4, 0.5) is 0 Å². The van der Waals surface area contributed by atoms with E-state index in [0.717, 1.165) is 21.3 Å². The fraction of sp³-hybridized carbons (Fsp3) is 0.235. The van der Waals surface area contributed by atoms with Gasteiger partial charge in [0.15, 0.2) is 0 Å². The van der Waals surface area contributed by atoms with E-state index < -0.39 is 11.9 Å². The van der Waals surface area contributed by atoms with Gasteiger partial charge in [-0.2, -0.15) is 0 Å². The molecule has 110 valence electrons. The van der Waals surface area contributed by atoms with Gasteiger partial charge in [-0.15, -0.1) is 0 Å². The van der Waals surface area contributed by atoms with Gasteiger partial charge in [-0.3, -0.25) is 4.79 Å². The highest BCUT2D eigenvalue weighted by atomic mass is 79.9. The number of hydrogen-bond acceptors (Lipinski definition) is 2. The highest BCUT2D eigenvalue weighted by Crippen LogP contribution is 2.28. The Balaban J connectivity index is 2.09. The van der Waals surface area contributed by atoms with Crippen LogP contribution in [0.15, 0.2) is 53.0 Å². The number of rotatable bonds is 6. The van der Waals surface area contributed by atoms with Gasteiger partial charge in [-0.05, 0) is 52.0 Å². The molecule has 0 aromatic heterocycles. The standard InChI is InChI=1S/C17H17BrO3/c1-21-16-10-8-12(11-15(16)18)7-9-14(17(19)20)13-5-3-2-4-6-13/h2-6,8,10-11,14H,7,9H2,1H3,(H,19,20). The maximum atomic E-state index is 11.5. The molecule has 3 nitrogen and oxygen atoms in total. The first-order valence-electron chi connectivity index (χ1n) is 6.72. The van der Waals surface area contributed by atoms with Gasteiger partial charge in [0.25, 0.3) is 0 Å². The lowest BCUT2D eigenvalue weighted by Crippen LogP contribution is -2.12. The molecule has 0 amide bonds. The molecule has 0 bridgehead atoms. The minimum absolute atomic E-state index is 0.480. The molecule has 1 N–H and O–H groups in total. The van der Waals surface area contributed by atoms with E-state index in [1.54, 1.807) is 7.11 Å². The number of ether oxygens (including phenoxy) is 1. The van der Waals surface area contributed by atoms with Crippen LogP contribution in [0.5, 0.6) is 5.75 Å². The molecule has 2 aromatic rings. The first-order valence-corrected chi connectivity index (χ1v) is 7.51. The van der Waals surface area contributed by atoms with Crippen LogP contribution in [0, 0.1) is 0 Å². The second kappa shape index (κ2) is 7.27. The Morgan fingerprint density at radius 1 is 1.24 bits per heavy atom. The fourth-order valence-corrected chi connectivity index (χ4v) is 2.88. The normalized spacial score (nSPS) is 11.9. The number of hydrogen-bond donors (Lipinski definition) is 1. The van der Waals surface area contributed by atoms with Gasteiger partial charge in [0.2, 0.25) is 0 Å². The first-order chi connectivity index (χ1) is 10.1. The highest BCUT2D eigenvalue weighted by Gasteiger charge is 2.19. The van der Waals surface area contributed by atoms with E-state index in [9.17, 15) is 9.90 Å². The molecule has 0 fully saturated rings. The van der Waals surface area contributed by atoms with Gasteiger partial charge < -0.3 is 9.84 Å². The van der Waals surface area contributed by atoms with Crippen LogP contribution in [0.25, 0.3) is 0 Å². The Morgan fingerprint density at radius 2 is 1.95 bits per heavy atom. The van der Waals surface area contributed by atoms with Crippen molar-refractivity contribution in [3.05, 3.63) is 64.1 Å². The second-order valence-corrected chi connectivity index (χ2v) is 5.66. The van der Waals surface area contributed by atoms with E-state index in [4.69, 9.17) is 4.74 Å². The molecule has 4 heteroatoms. The van der Waals surface area contributed by atoms with E-state index in [1.807, 2.05) is 48.5 Å². The summed E-state index contributed by atoms with van der Waals surface area (Å²) in [5, 5.41) is 9.41. The van der Waals surface area contributed by atoms with Crippen molar-refractivity contribution < 1.29 is 14.6 Å². The number of carbonyl (C=O) groups is 1. The molecule has 1 unspecified atom stereocenters. The maximum Gasteiger partial charge on any atom is 0.310 e. The van der Waals surface area contributed by atoms with Gasteiger partial charge in [0.1, 0.15) is 5.75 Å². The van der Waals surface area contributed by atoms with E-state index in [2.05, 4.69) is 15.9 Å². The van der Waals surface area contributed by atoms with Gasteiger partial charge >= 0.3 is 5.97 Å². The lowest BCUT2D eigenvalue weighted by molar-refractivity contribution is -0.138. The number of halogens is 1. The summed E-state index contributed by atoms with van der Waals surface area (Å²) in [6.07, 6.45) is 1.27. The third kappa shape index (κ3) is 4.08. The molecule has 0 aliphatic carbocycles. The Morgan fingerprint density at radius 3 is 2.52 bits per heavy atom. The molecule has 0 spiro atoms. The zero-order valence-electron chi connectivity index (χ0n) is 11.8. The molecule has 0 saturated carbocycles. The fourth-order valence-electron chi connectivity index (χ4n) is 2.29. The number of carboxylic acids is 1. The first kappa shape index (κ1) is 15.6. The Labute approximate surface area is 132 Å². The average Bonchev–Trinajstić information content (AvgIpc) is 2.48. The Kier molecular flexibility index (Phi) is 5.39. The average molecular weight is 349 g/mol. The van der Waals surface area contributed by atoms with Gasteiger partial charge in [0.05, 0.1) is 17.5 Å². The molecule has 0 aliphatic rings. The summed E-state index contributed by atoms with van der Waals surface area (Å²) in [6, 6.07) is 15.2. The monoisotopic (exact) mass is 348 g/mol. The van der Waals surface area contributed by atoms with E-state index in [-0.39, 0.29) is 0 Å². The number of methoxy groups -OCH3 is 1. The zero-order valence-corrected chi connectivity index (χ0v) is 13.3. The Hall–Kier alpha value is -1.81. The molecular weight excluding hydrogens is 332 g/mol. The predicted molar refractivity (Wildman–Crippen MR) is 85.8 cm³/mol. The predicted octanol–water partition coefficient (Wildman–Crippen LogP) is 4.26. The molecular formula is C17H17BrO3. The van der Waals surface area contributed by atoms with Crippen LogP contribution in [-0.2, 0) is 11.2 Å². The van der Waals surface area contributed by atoms with Crippen molar-refractivity contribution >= 4 is 21.9 Å². The van der Waals surface area contributed by atoms with Crippen molar-refractivity contribution in [2.45, 2.75) is 18.8 Å². The number of carboxylic acid groups (broad SMARTS) is 1. The zero-order chi connectivity index (χ0) is 15.2. The summed E-state index contributed by atoms with van der Waals surface area (Å²) in [5.74, 6) is -0.488. The van der Waals surface area contributed by atoms with Crippen molar-refractivity contribution in [1.29, 1.82) is 0 Å². The topological polar surface area (TPSA) is 46.5 Å². The summed E-state index contributed by atoms with van der Waals surface area (Å²) in [4.78, 5) is 11.5. The van der Waals surface area contributed by atoms with Crippen LogP contribution in [0.2, 0.25) is 0 Å². The van der Waals surface area contributed by atoms with Crippen LogP contribution in [0.1, 0.15) is 23.5 Å². The van der Waals surface area contributed by atoms with E-state index >= 15 is 0 Å². The molecule has 21 heavy (non-hydrogen) atoms.